The summed E-state index contributed by atoms with van der Waals surface area (Å²) < 4.78 is 4.58. The largest absolute Gasteiger partial charge is 0.394 e. The molecule has 0 aliphatic carbocycles. The van der Waals surface area contributed by atoms with E-state index in [-0.39, 0.29) is 0 Å². The van der Waals surface area contributed by atoms with E-state index in [4.69, 9.17) is 25.5 Å². The van der Waals surface area contributed by atoms with Gasteiger partial charge in [-0.15, -0.1) is 0 Å². The number of hydrogen-bond donors (Lipinski definition) is 5. The molecule has 0 aromatic carbocycles. The fourth-order valence-electron chi connectivity index (χ4n) is 1.08. The van der Waals surface area contributed by atoms with Gasteiger partial charge in [0.1, 0.15) is 24.4 Å². The van der Waals surface area contributed by atoms with Crippen LogP contribution >= 0.6 is 0 Å². The highest BCUT2D eigenvalue weighted by atomic mass is 16.7. The van der Waals surface area contributed by atoms with Crippen LogP contribution < -0.4 is 0 Å². The smallest absolute Gasteiger partial charge is 0.184 e. The zero-order chi connectivity index (χ0) is 9.30. The van der Waals surface area contributed by atoms with E-state index in [1.165, 1.54) is 0 Å². The van der Waals surface area contributed by atoms with Gasteiger partial charge in [-0.2, -0.15) is 0 Å². The molecule has 0 aromatic heterocycles. The third-order valence-corrected chi connectivity index (χ3v) is 1.87. The third kappa shape index (κ3) is 1.58. The van der Waals surface area contributed by atoms with Crippen molar-refractivity contribution in [1.82, 2.24) is 0 Å². The van der Waals surface area contributed by atoms with Gasteiger partial charge in [-0.3, -0.25) is 0 Å². The molecule has 1 saturated heterocycles. The van der Waals surface area contributed by atoms with Crippen molar-refractivity contribution in [3.8, 4) is 0 Å². The van der Waals surface area contributed by atoms with Gasteiger partial charge < -0.3 is 30.3 Å². The molecule has 1 unspecified atom stereocenters. The molecular formula is C6H12O6. The van der Waals surface area contributed by atoms with Gasteiger partial charge in [-0.1, -0.05) is 0 Å². The molecule has 1 aliphatic heterocycles. The van der Waals surface area contributed by atoms with E-state index in [0.29, 0.717) is 0 Å². The van der Waals surface area contributed by atoms with Crippen molar-refractivity contribution in [3.63, 3.8) is 0 Å². The summed E-state index contributed by atoms with van der Waals surface area (Å²) in [5.74, 6) is 0. The van der Waals surface area contributed by atoms with Gasteiger partial charge in [-0.25, -0.2) is 0 Å². The van der Waals surface area contributed by atoms with E-state index in [2.05, 4.69) is 4.74 Å². The van der Waals surface area contributed by atoms with Crippen molar-refractivity contribution in [2.24, 2.45) is 0 Å². The molecule has 1 rings (SSSR count). The predicted molar refractivity (Wildman–Crippen MR) is 36.0 cm³/mol. The Balaban J connectivity index is 2.63. The molecule has 0 amide bonds. The minimum absolute atomic E-state index is 0.526. The van der Waals surface area contributed by atoms with Crippen molar-refractivity contribution in [1.29, 1.82) is 0 Å². The summed E-state index contributed by atoms with van der Waals surface area (Å²) in [5.41, 5.74) is 0. The molecule has 5 atom stereocenters. The van der Waals surface area contributed by atoms with Crippen LogP contribution in [0.2, 0.25) is 0 Å². The van der Waals surface area contributed by atoms with Crippen LogP contribution in [0.3, 0.4) is 0 Å². The second kappa shape index (κ2) is 3.65. The summed E-state index contributed by atoms with van der Waals surface area (Å²) in [7, 11) is 0. The summed E-state index contributed by atoms with van der Waals surface area (Å²) in [5, 5.41) is 44.7. The molecule has 1 aliphatic rings. The average Bonchev–Trinajstić information content (AvgIpc) is 2.08. The molecule has 72 valence electrons. The van der Waals surface area contributed by atoms with Crippen LogP contribution in [0, 0.1) is 0 Å². The SMILES string of the molecule is O[13CH2]C1O[13C@H](O)[C@H](O)[C@@H](O)[C@@H]1O. The van der Waals surface area contributed by atoms with Gasteiger partial charge >= 0.3 is 0 Å². The number of aliphatic hydroxyl groups is 5. The number of aliphatic hydroxyl groups excluding tert-OH is 5. The first-order valence-corrected chi connectivity index (χ1v) is 3.56. The lowest BCUT2D eigenvalue weighted by atomic mass is 10.1. The van der Waals surface area contributed by atoms with Crippen LogP contribution in [-0.4, -0.2) is 62.8 Å². The first-order chi connectivity index (χ1) is 5.57. The van der Waals surface area contributed by atoms with E-state index in [9.17, 15) is 0 Å². The van der Waals surface area contributed by atoms with E-state index < -0.39 is 37.3 Å². The average molecular weight is 182 g/mol. The molecule has 5 N–H and O–H groups in total. The molecule has 6 nitrogen and oxygen atoms in total. The summed E-state index contributed by atoms with van der Waals surface area (Å²) in [4.78, 5) is 0. The molecule has 1 fully saturated rings. The number of ether oxygens (including phenoxy) is 1. The standard InChI is InChI=1S/C6H12O6/c7-1-2-3(8)4(9)5(10)6(11)12-2/h2-11H,1H2/t2?,3-,4+,5-,6+/m1/s1/i1+1,6+1. The first kappa shape index (κ1) is 9.85. The van der Waals surface area contributed by atoms with E-state index >= 15 is 0 Å². The van der Waals surface area contributed by atoms with Crippen molar-refractivity contribution >= 4 is 0 Å². The van der Waals surface area contributed by atoms with Crippen LogP contribution in [0.1, 0.15) is 0 Å². The zero-order valence-electron chi connectivity index (χ0n) is 6.24. The summed E-state index contributed by atoms with van der Waals surface area (Å²) in [6.45, 7) is -0.526. The number of rotatable bonds is 1. The quantitative estimate of drug-likeness (QED) is 0.273. The molecule has 6 heteroatoms. The molecular weight excluding hydrogens is 170 g/mol. The maximum atomic E-state index is 9.12. The second-order valence-corrected chi connectivity index (χ2v) is 2.72. The Morgan fingerprint density at radius 3 is 2.00 bits per heavy atom. The van der Waals surface area contributed by atoms with Gasteiger partial charge in [0.15, 0.2) is 6.29 Å². The fourth-order valence-corrected chi connectivity index (χ4v) is 1.08. The van der Waals surface area contributed by atoms with Crippen molar-refractivity contribution in [2.75, 3.05) is 6.61 Å². The van der Waals surface area contributed by atoms with Crippen molar-refractivity contribution in [2.45, 2.75) is 30.7 Å². The zero-order valence-corrected chi connectivity index (χ0v) is 6.24. The monoisotopic (exact) mass is 182 g/mol. The molecule has 12 heavy (non-hydrogen) atoms. The van der Waals surface area contributed by atoms with E-state index in [1.54, 1.807) is 0 Å². The highest BCUT2D eigenvalue weighted by Crippen LogP contribution is 2.18. The Morgan fingerprint density at radius 2 is 1.50 bits per heavy atom. The molecule has 0 spiro atoms. The van der Waals surface area contributed by atoms with Crippen LogP contribution in [-0.2, 0) is 4.74 Å². The second-order valence-electron chi connectivity index (χ2n) is 2.72. The van der Waals surface area contributed by atoms with Crippen LogP contribution in [0.25, 0.3) is 0 Å². The maximum absolute atomic E-state index is 9.12. The predicted octanol–water partition coefficient (Wildman–Crippen LogP) is -3.22. The summed E-state index contributed by atoms with van der Waals surface area (Å²) in [6.07, 6.45) is -7.04. The minimum Gasteiger partial charge on any atom is -0.394 e. The van der Waals surface area contributed by atoms with E-state index in [0.717, 1.165) is 0 Å². The topological polar surface area (TPSA) is 110 Å². The highest BCUT2D eigenvalue weighted by Gasteiger charge is 2.42. The third-order valence-electron chi connectivity index (χ3n) is 1.87. The molecule has 1 heterocycles. The van der Waals surface area contributed by atoms with Crippen molar-refractivity contribution < 1.29 is 30.3 Å². The normalized spacial score (nSPS) is 49.2. The van der Waals surface area contributed by atoms with Crippen LogP contribution in [0.4, 0.5) is 0 Å². The van der Waals surface area contributed by atoms with Crippen LogP contribution in [0.15, 0.2) is 0 Å². The van der Waals surface area contributed by atoms with Crippen molar-refractivity contribution in [3.05, 3.63) is 0 Å². The van der Waals surface area contributed by atoms with Gasteiger partial charge in [0, 0.05) is 0 Å². The maximum Gasteiger partial charge on any atom is 0.184 e. The molecule has 0 radical (unpaired) electrons. The number of hydrogen-bond acceptors (Lipinski definition) is 6. The lowest BCUT2D eigenvalue weighted by molar-refractivity contribution is -0.286. The lowest BCUT2D eigenvalue weighted by Crippen LogP contribution is -2.58. The van der Waals surface area contributed by atoms with Gasteiger partial charge in [0.25, 0.3) is 0 Å². The molecule has 0 bridgehead atoms. The van der Waals surface area contributed by atoms with Gasteiger partial charge in [-0.05, 0) is 0 Å². The van der Waals surface area contributed by atoms with Gasteiger partial charge in [0.05, 0.1) is 6.61 Å². The van der Waals surface area contributed by atoms with E-state index in [1.807, 2.05) is 0 Å². The Labute approximate surface area is 68.6 Å². The molecule has 0 saturated carbocycles. The Morgan fingerprint density at radius 1 is 0.917 bits per heavy atom. The summed E-state index contributed by atoms with van der Waals surface area (Å²) >= 11 is 0. The molecule has 0 aromatic rings. The summed E-state index contributed by atoms with van der Waals surface area (Å²) in [6, 6.07) is 0. The first-order valence-electron chi connectivity index (χ1n) is 3.56. The Hall–Kier alpha value is -0.240. The fraction of sp³-hybridized carbons (Fsp3) is 1.00. The Bertz CT molecular complexity index is 146. The Kier molecular flexibility index (Phi) is 2.99. The van der Waals surface area contributed by atoms with Crippen LogP contribution in [0.5, 0.6) is 0 Å². The highest BCUT2D eigenvalue weighted by molar-refractivity contribution is 4.87. The minimum atomic E-state index is -1.57. The van der Waals surface area contributed by atoms with Gasteiger partial charge in [0.2, 0.25) is 0 Å². The lowest BCUT2D eigenvalue weighted by Gasteiger charge is -2.37.